The minimum Gasteiger partial charge on any atom is -0.493 e. The second-order valence-corrected chi connectivity index (χ2v) is 6.62. The third-order valence-corrected chi connectivity index (χ3v) is 4.73. The lowest BCUT2D eigenvalue weighted by Gasteiger charge is -2.08. The molecular formula is C23H18N4O3. The van der Waals surface area contributed by atoms with E-state index in [1.165, 1.54) is 0 Å². The summed E-state index contributed by atoms with van der Waals surface area (Å²) in [6.07, 6.45) is 0. The molecule has 1 aromatic heterocycles. The van der Waals surface area contributed by atoms with Crippen molar-refractivity contribution < 1.29 is 14.7 Å². The maximum absolute atomic E-state index is 12.7. The molecule has 0 saturated carbocycles. The molecule has 0 saturated heterocycles. The number of azo groups is 1. The molecule has 4 rings (SSSR count). The molecule has 3 aromatic carbocycles. The van der Waals surface area contributed by atoms with Gasteiger partial charge < -0.3 is 15.0 Å². The van der Waals surface area contributed by atoms with Gasteiger partial charge in [-0.05, 0) is 30.3 Å². The average molecular weight is 398 g/mol. The summed E-state index contributed by atoms with van der Waals surface area (Å²) in [5.74, 6) is -1.05. The fourth-order valence-corrected chi connectivity index (χ4v) is 3.17. The van der Waals surface area contributed by atoms with E-state index in [1.54, 1.807) is 66.2 Å². The minimum absolute atomic E-state index is 0.0848. The average Bonchev–Trinajstić information content (AvgIpc) is 3.03. The quantitative estimate of drug-likeness (QED) is 0.470. The van der Waals surface area contributed by atoms with Crippen LogP contribution in [0.3, 0.4) is 0 Å². The summed E-state index contributed by atoms with van der Waals surface area (Å²) in [6.45, 7) is 0. The molecule has 7 heteroatoms. The van der Waals surface area contributed by atoms with Crippen LogP contribution < -0.4 is 5.32 Å². The van der Waals surface area contributed by atoms with Crippen molar-refractivity contribution >= 4 is 34.1 Å². The van der Waals surface area contributed by atoms with Crippen LogP contribution in [0.15, 0.2) is 89.1 Å². The molecule has 2 amide bonds. The number of carbonyl (C=O) groups is 2. The van der Waals surface area contributed by atoms with Crippen LogP contribution in [0, 0.1) is 0 Å². The molecule has 30 heavy (non-hydrogen) atoms. The molecule has 0 aliphatic rings. The summed E-state index contributed by atoms with van der Waals surface area (Å²) >= 11 is 0. The maximum Gasteiger partial charge on any atom is 0.297 e. The maximum atomic E-state index is 12.7. The van der Waals surface area contributed by atoms with Gasteiger partial charge in [0.05, 0.1) is 16.8 Å². The first kappa shape index (κ1) is 19.1. The van der Waals surface area contributed by atoms with Crippen molar-refractivity contribution in [3.63, 3.8) is 0 Å². The lowest BCUT2D eigenvalue weighted by molar-refractivity contribution is 0.0996. The van der Waals surface area contributed by atoms with Gasteiger partial charge in [0.15, 0.2) is 5.69 Å². The Morgan fingerprint density at radius 3 is 2.37 bits per heavy atom. The zero-order valence-corrected chi connectivity index (χ0v) is 16.1. The third kappa shape index (κ3) is 3.56. The summed E-state index contributed by atoms with van der Waals surface area (Å²) < 4.78 is 1.57. The summed E-state index contributed by atoms with van der Waals surface area (Å²) in [5, 5.41) is 21.6. The number of nitrogens with zero attached hydrogens (tertiary/aromatic N) is 3. The monoisotopic (exact) mass is 398 g/mol. The van der Waals surface area contributed by atoms with Gasteiger partial charge >= 0.3 is 0 Å². The molecule has 0 aliphatic carbocycles. The van der Waals surface area contributed by atoms with E-state index in [2.05, 4.69) is 15.5 Å². The Morgan fingerprint density at radius 1 is 0.900 bits per heavy atom. The number of aryl methyl sites for hydroxylation is 1. The van der Waals surface area contributed by atoms with E-state index in [9.17, 15) is 14.7 Å². The number of para-hydroxylation sites is 2. The van der Waals surface area contributed by atoms with Gasteiger partial charge in [0.25, 0.3) is 11.8 Å². The first-order valence-corrected chi connectivity index (χ1v) is 9.24. The molecule has 0 atom stereocenters. The molecule has 0 aliphatic heterocycles. The van der Waals surface area contributed by atoms with E-state index in [0.29, 0.717) is 16.6 Å². The SMILES string of the molecule is Cn1c(O)c(N=NC(=O)c2ccccc2NC(=O)c2ccccc2)c2ccccc21. The highest BCUT2D eigenvalue weighted by Crippen LogP contribution is 2.37. The Kier molecular flexibility index (Phi) is 5.09. The van der Waals surface area contributed by atoms with Crippen LogP contribution in [-0.2, 0) is 7.05 Å². The van der Waals surface area contributed by atoms with Gasteiger partial charge in [0.2, 0.25) is 5.88 Å². The van der Waals surface area contributed by atoms with Gasteiger partial charge in [-0.1, -0.05) is 48.5 Å². The standard InChI is InChI=1S/C23H18N4O3/c1-27-19-14-8-6-12-17(19)20(23(27)30)25-26-22(29)16-11-5-7-13-18(16)24-21(28)15-9-3-2-4-10-15/h2-14,30H,1H3,(H,24,28). The lowest BCUT2D eigenvalue weighted by atomic mass is 10.1. The second-order valence-electron chi connectivity index (χ2n) is 6.62. The van der Waals surface area contributed by atoms with Crippen LogP contribution in [0.2, 0.25) is 0 Å². The number of rotatable bonds is 4. The number of hydrogen-bond donors (Lipinski definition) is 2. The predicted octanol–water partition coefficient (Wildman–Crippen LogP) is 5.06. The molecule has 0 unspecified atom stereocenters. The number of aromatic hydroxyl groups is 1. The normalized spacial score (nSPS) is 11.1. The zero-order valence-electron chi connectivity index (χ0n) is 16.1. The summed E-state index contributed by atoms with van der Waals surface area (Å²) in [7, 11) is 1.70. The fraction of sp³-hybridized carbons (Fsp3) is 0.0435. The predicted molar refractivity (Wildman–Crippen MR) is 114 cm³/mol. The Morgan fingerprint density at radius 2 is 1.57 bits per heavy atom. The number of nitrogens with one attached hydrogen (secondary N) is 1. The molecule has 2 N–H and O–H groups in total. The highest BCUT2D eigenvalue weighted by molar-refractivity contribution is 6.09. The molecule has 0 radical (unpaired) electrons. The summed E-state index contributed by atoms with van der Waals surface area (Å²) in [5.41, 5.74) is 1.99. The molecule has 148 valence electrons. The van der Waals surface area contributed by atoms with Crippen molar-refractivity contribution in [3.05, 3.63) is 90.0 Å². The van der Waals surface area contributed by atoms with E-state index in [1.807, 2.05) is 24.3 Å². The van der Waals surface area contributed by atoms with Gasteiger partial charge in [-0.2, -0.15) is 0 Å². The lowest BCUT2D eigenvalue weighted by Crippen LogP contribution is -2.14. The summed E-state index contributed by atoms with van der Waals surface area (Å²) in [6, 6.07) is 22.6. The van der Waals surface area contributed by atoms with Crippen molar-refractivity contribution in [2.24, 2.45) is 17.3 Å². The van der Waals surface area contributed by atoms with Crippen LogP contribution in [0.1, 0.15) is 20.7 Å². The minimum atomic E-state index is -0.633. The fourth-order valence-electron chi connectivity index (χ4n) is 3.17. The Hall–Kier alpha value is -4.26. The van der Waals surface area contributed by atoms with Gasteiger partial charge in [0, 0.05) is 18.0 Å². The van der Waals surface area contributed by atoms with Crippen LogP contribution in [0.4, 0.5) is 11.4 Å². The van der Waals surface area contributed by atoms with E-state index < -0.39 is 5.91 Å². The topological polar surface area (TPSA) is 96.0 Å². The molecular weight excluding hydrogens is 380 g/mol. The first-order chi connectivity index (χ1) is 14.6. The number of anilines is 1. The zero-order chi connectivity index (χ0) is 21.1. The van der Waals surface area contributed by atoms with E-state index in [0.717, 1.165) is 5.52 Å². The van der Waals surface area contributed by atoms with Crippen molar-refractivity contribution in [2.45, 2.75) is 0 Å². The molecule has 0 spiro atoms. The van der Waals surface area contributed by atoms with Gasteiger partial charge in [-0.25, -0.2) is 0 Å². The van der Waals surface area contributed by atoms with Crippen LogP contribution >= 0.6 is 0 Å². The Labute approximate surface area is 172 Å². The Balaban J connectivity index is 1.62. The Bertz CT molecular complexity index is 1280. The van der Waals surface area contributed by atoms with Gasteiger partial charge in [-0.3, -0.25) is 9.59 Å². The summed E-state index contributed by atoms with van der Waals surface area (Å²) in [4.78, 5) is 25.2. The first-order valence-electron chi connectivity index (χ1n) is 9.24. The van der Waals surface area contributed by atoms with E-state index in [4.69, 9.17) is 0 Å². The third-order valence-electron chi connectivity index (χ3n) is 4.73. The van der Waals surface area contributed by atoms with Crippen molar-refractivity contribution in [3.8, 4) is 5.88 Å². The number of fused-ring (bicyclic) bond motifs is 1. The second kappa shape index (κ2) is 8.00. The van der Waals surface area contributed by atoms with Gasteiger partial charge in [-0.15, -0.1) is 10.2 Å². The van der Waals surface area contributed by atoms with Crippen molar-refractivity contribution in [1.29, 1.82) is 0 Å². The largest absolute Gasteiger partial charge is 0.493 e. The smallest absolute Gasteiger partial charge is 0.297 e. The van der Waals surface area contributed by atoms with Crippen molar-refractivity contribution in [2.75, 3.05) is 5.32 Å². The number of aromatic nitrogens is 1. The molecule has 4 aromatic rings. The highest BCUT2D eigenvalue weighted by atomic mass is 16.3. The molecule has 0 fully saturated rings. The number of benzene rings is 3. The number of amides is 2. The molecule has 1 heterocycles. The van der Waals surface area contributed by atoms with Crippen molar-refractivity contribution in [1.82, 2.24) is 4.57 Å². The highest BCUT2D eigenvalue weighted by Gasteiger charge is 2.16. The van der Waals surface area contributed by atoms with Crippen LogP contribution in [-0.4, -0.2) is 21.5 Å². The molecule has 7 nitrogen and oxygen atoms in total. The number of carbonyl (C=O) groups excluding carboxylic acids is 2. The van der Waals surface area contributed by atoms with Crippen LogP contribution in [0.25, 0.3) is 10.9 Å². The number of hydrogen-bond acceptors (Lipinski definition) is 4. The van der Waals surface area contributed by atoms with Gasteiger partial charge in [0.1, 0.15) is 0 Å². The van der Waals surface area contributed by atoms with E-state index >= 15 is 0 Å². The molecule has 0 bridgehead atoms. The van der Waals surface area contributed by atoms with Crippen LogP contribution in [0.5, 0.6) is 5.88 Å². The van der Waals surface area contributed by atoms with E-state index in [-0.39, 0.29) is 23.0 Å².